The molecule has 21 heavy (non-hydrogen) atoms. The van der Waals surface area contributed by atoms with Gasteiger partial charge in [0, 0.05) is 19.6 Å². The Morgan fingerprint density at radius 2 is 1.86 bits per heavy atom. The molecule has 0 unspecified atom stereocenters. The Kier molecular flexibility index (Phi) is 6.30. The molecule has 1 fully saturated rings. The lowest BCUT2D eigenvalue weighted by molar-refractivity contribution is 0.218. The molecule has 3 rings (SSSR count). The fraction of sp³-hybridized carbons (Fsp3) is 0.412. The van der Waals surface area contributed by atoms with Gasteiger partial charge in [-0.2, -0.15) is 0 Å². The third-order valence-corrected chi connectivity index (χ3v) is 3.83. The van der Waals surface area contributed by atoms with Gasteiger partial charge in [-0.1, -0.05) is 30.3 Å². The fourth-order valence-electron chi connectivity index (χ4n) is 2.68. The minimum Gasteiger partial charge on any atom is -0.492 e. The molecule has 1 aliphatic heterocycles. The van der Waals surface area contributed by atoms with Gasteiger partial charge in [-0.15, -0.1) is 12.4 Å². The summed E-state index contributed by atoms with van der Waals surface area (Å²) in [6.45, 7) is 6.31. The molecular weight excluding hydrogens is 284 g/mol. The van der Waals surface area contributed by atoms with E-state index in [0.29, 0.717) is 0 Å². The molecule has 2 aromatic carbocycles. The van der Waals surface area contributed by atoms with Crippen molar-refractivity contribution in [2.75, 3.05) is 39.3 Å². The first-order chi connectivity index (χ1) is 9.92. The number of hydrogen-bond donors (Lipinski definition) is 1. The summed E-state index contributed by atoms with van der Waals surface area (Å²) >= 11 is 0. The highest BCUT2D eigenvalue weighted by Gasteiger charge is 2.08. The quantitative estimate of drug-likeness (QED) is 0.940. The highest BCUT2D eigenvalue weighted by atomic mass is 35.5. The zero-order chi connectivity index (χ0) is 13.6. The van der Waals surface area contributed by atoms with Crippen LogP contribution in [0.25, 0.3) is 10.8 Å². The number of benzene rings is 2. The molecule has 0 radical (unpaired) electrons. The van der Waals surface area contributed by atoms with Crippen molar-refractivity contribution >= 4 is 23.2 Å². The first-order valence-electron chi connectivity index (χ1n) is 7.46. The zero-order valence-electron chi connectivity index (χ0n) is 12.3. The van der Waals surface area contributed by atoms with Gasteiger partial charge in [0.2, 0.25) is 0 Å². The molecule has 1 saturated heterocycles. The second-order valence-corrected chi connectivity index (χ2v) is 5.30. The minimum atomic E-state index is 0. The Morgan fingerprint density at radius 1 is 1.00 bits per heavy atom. The predicted molar refractivity (Wildman–Crippen MR) is 90.6 cm³/mol. The average molecular weight is 307 g/mol. The number of rotatable bonds is 4. The van der Waals surface area contributed by atoms with Crippen LogP contribution in [0, 0.1) is 0 Å². The van der Waals surface area contributed by atoms with Gasteiger partial charge < -0.3 is 10.1 Å². The van der Waals surface area contributed by atoms with Crippen LogP contribution in [0.3, 0.4) is 0 Å². The topological polar surface area (TPSA) is 24.5 Å². The molecular formula is C17H23ClN2O. The van der Waals surface area contributed by atoms with Crippen LogP contribution in [0.1, 0.15) is 6.42 Å². The van der Waals surface area contributed by atoms with Crippen molar-refractivity contribution in [2.24, 2.45) is 0 Å². The van der Waals surface area contributed by atoms with Crippen LogP contribution >= 0.6 is 12.4 Å². The van der Waals surface area contributed by atoms with Crippen molar-refractivity contribution in [3.05, 3.63) is 42.5 Å². The summed E-state index contributed by atoms with van der Waals surface area (Å²) in [4.78, 5) is 2.47. The van der Waals surface area contributed by atoms with Gasteiger partial charge in [0.25, 0.3) is 0 Å². The second-order valence-electron chi connectivity index (χ2n) is 5.30. The molecule has 0 aliphatic carbocycles. The molecule has 114 valence electrons. The second kappa shape index (κ2) is 8.23. The molecule has 0 atom stereocenters. The average Bonchev–Trinajstić information content (AvgIpc) is 2.76. The van der Waals surface area contributed by atoms with Crippen LogP contribution < -0.4 is 10.1 Å². The predicted octanol–water partition coefficient (Wildman–Crippen LogP) is 2.94. The maximum absolute atomic E-state index is 5.90. The van der Waals surface area contributed by atoms with Crippen LogP contribution in [0.15, 0.2) is 42.5 Å². The number of hydrogen-bond acceptors (Lipinski definition) is 3. The monoisotopic (exact) mass is 306 g/mol. The lowest BCUT2D eigenvalue weighted by Gasteiger charge is -2.19. The first kappa shape index (κ1) is 16.1. The summed E-state index contributed by atoms with van der Waals surface area (Å²) < 4.78 is 5.90. The zero-order valence-corrected chi connectivity index (χ0v) is 13.1. The van der Waals surface area contributed by atoms with Crippen molar-refractivity contribution in [3.8, 4) is 5.75 Å². The van der Waals surface area contributed by atoms with Gasteiger partial charge in [-0.05, 0) is 42.4 Å². The van der Waals surface area contributed by atoms with E-state index in [1.165, 1.54) is 23.7 Å². The molecule has 0 amide bonds. The molecule has 1 N–H and O–H groups in total. The molecule has 0 aromatic heterocycles. The number of nitrogens with one attached hydrogen (secondary N) is 1. The molecule has 3 nitrogen and oxygen atoms in total. The van der Waals surface area contributed by atoms with E-state index < -0.39 is 0 Å². The minimum absolute atomic E-state index is 0. The molecule has 0 bridgehead atoms. The maximum atomic E-state index is 5.90. The van der Waals surface area contributed by atoms with Gasteiger partial charge in [0.1, 0.15) is 12.4 Å². The van der Waals surface area contributed by atoms with Crippen molar-refractivity contribution in [1.29, 1.82) is 0 Å². The van der Waals surface area contributed by atoms with E-state index in [9.17, 15) is 0 Å². The maximum Gasteiger partial charge on any atom is 0.120 e. The Labute approximate surface area is 132 Å². The summed E-state index contributed by atoms with van der Waals surface area (Å²) in [6.07, 6.45) is 1.23. The van der Waals surface area contributed by atoms with Gasteiger partial charge in [0.15, 0.2) is 0 Å². The summed E-state index contributed by atoms with van der Waals surface area (Å²) in [5, 5.41) is 5.93. The van der Waals surface area contributed by atoms with Crippen molar-refractivity contribution in [3.63, 3.8) is 0 Å². The van der Waals surface area contributed by atoms with E-state index in [2.05, 4.69) is 52.7 Å². The molecule has 0 saturated carbocycles. The standard InChI is InChI=1S/C17H22N2O.ClH/c1-2-5-16-14-17(7-6-15(16)4-1)20-13-12-19-10-3-8-18-9-11-19;/h1-2,4-7,14,18H,3,8-13H2;1H. The summed E-state index contributed by atoms with van der Waals surface area (Å²) in [5.41, 5.74) is 0. The lowest BCUT2D eigenvalue weighted by atomic mass is 10.1. The number of ether oxygens (including phenoxy) is 1. The van der Waals surface area contributed by atoms with E-state index in [-0.39, 0.29) is 12.4 Å². The van der Waals surface area contributed by atoms with Crippen LogP contribution in [0.5, 0.6) is 5.75 Å². The van der Waals surface area contributed by atoms with Gasteiger partial charge in [0.05, 0.1) is 0 Å². The number of halogens is 1. The summed E-state index contributed by atoms with van der Waals surface area (Å²) in [5.74, 6) is 0.969. The highest BCUT2D eigenvalue weighted by molar-refractivity contribution is 5.85. The normalized spacial score (nSPS) is 16.2. The van der Waals surface area contributed by atoms with Gasteiger partial charge in [-0.25, -0.2) is 0 Å². The smallest absolute Gasteiger partial charge is 0.120 e. The van der Waals surface area contributed by atoms with Crippen LogP contribution in [0.4, 0.5) is 0 Å². The molecule has 4 heteroatoms. The largest absolute Gasteiger partial charge is 0.492 e. The highest BCUT2D eigenvalue weighted by Crippen LogP contribution is 2.20. The lowest BCUT2D eigenvalue weighted by Crippen LogP contribution is -2.31. The summed E-state index contributed by atoms with van der Waals surface area (Å²) in [7, 11) is 0. The first-order valence-corrected chi connectivity index (χ1v) is 7.46. The van der Waals surface area contributed by atoms with Gasteiger partial charge in [-0.3, -0.25) is 4.90 Å². The SMILES string of the molecule is Cl.c1ccc2cc(OCCN3CCCNCC3)ccc2c1. The van der Waals surface area contributed by atoms with Crippen molar-refractivity contribution in [2.45, 2.75) is 6.42 Å². The van der Waals surface area contributed by atoms with Crippen LogP contribution in [-0.4, -0.2) is 44.2 Å². The van der Waals surface area contributed by atoms with E-state index in [0.717, 1.165) is 38.5 Å². The third-order valence-electron chi connectivity index (χ3n) is 3.83. The molecule has 2 aromatic rings. The van der Waals surface area contributed by atoms with E-state index in [4.69, 9.17) is 4.74 Å². The van der Waals surface area contributed by atoms with Crippen LogP contribution in [0.2, 0.25) is 0 Å². The Morgan fingerprint density at radius 3 is 2.76 bits per heavy atom. The molecule has 1 heterocycles. The molecule has 0 spiro atoms. The Bertz CT molecular complexity index is 553. The van der Waals surface area contributed by atoms with E-state index in [1.54, 1.807) is 0 Å². The van der Waals surface area contributed by atoms with Crippen LogP contribution in [-0.2, 0) is 0 Å². The van der Waals surface area contributed by atoms with Crippen molar-refractivity contribution in [1.82, 2.24) is 10.2 Å². The summed E-state index contributed by atoms with van der Waals surface area (Å²) in [6, 6.07) is 14.7. The Balaban J connectivity index is 0.00000161. The van der Waals surface area contributed by atoms with E-state index >= 15 is 0 Å². The third kappa shape index (κ3) is 4.60. The fourth-order valence-corrected chi connectivity index (χ4v) is 2.68. The Hall–Kier alpha value is -1.29. The van der Waals surface area contributed by atoms with Crippen molar-refractivity contribution < 1.29 is 4.74 Å². The van der Waals surface area contributed by atoms with Gasteiger partial charge >= 0.3 is 0 Å². The number of fused-ring (bicyclic) bond motifs is 1. The number of nitrogens with zero attached hydrogens (tertiary/aromatic N) is 1. The van der Waals surface area contributed by atoms with E-state index in [1.807, 2.05) is 0 Å². The molecule has 1 aliphatic rings.